The Morgan fingerprint density at radius 1 is 1.26 bits per heavy atom. The highest BCUT2D eigenvalue weighted by Gasteiger charge is 2.38. The smallest absolute Gasteiger partial charge is 0.475 e. The molecule has 0 fully saturated rings. The van der Waals surface area contributed by atoms with Crippen LogP contribution < -0.4 is 5.32 Å². The largest absolute Gasteiger partial charge is 0.490 e. The Labute approximate surface area is 129 Å². The minimum Gasteiger partial charge on any atom is -0.475 e. The Kier molecular flexibility index (Phi) is 6.31. The molecule has 1 heterocycles. The van der Waals surface area contributed by atoms with Crippen molar-refractivity contribution in [1.82, 2.24) is 10.2 Å². The number of carboxylic acid groups (broad SMARTS) is 1. The van der Waals surface area contributed by atoms with Crippen LogP contribution in [0.15, 0.2) is 36.4 Å². The molecular formula is C14H14F3N3O3. The molecule has 9 heteroatoms. The van der Waals surface area contributed by atoms with Crippen LogP contribution in [-0.2, 0) is 16.0 Å². The van der Waals surface area contributed by atoms with Gasteiger partial charge in [-0.3, -0.25) is 9.89 Å². The quantitative estimate of drug-likeness (QED) is 0.806. The molecule has 23 heavy (non-hydrogen) atoms. The van der Waals surface area contributed by atoms with Gasteiger partial charge in [0.25, 0.3) is 0 Å². The van der Waals surface area contributed by atoms with E-state index in [-0.39, 0.29) is 5.91 Å². The van der Waals surface area contributed by atoms with Crippen LogP contribution in [0.4, 0.5) is 19.0 Å². The molecule has 0 aliphatic carbocycles. The summed E-state index contributed by atoms with van der Waals surface area (Å²) >= 11 is 0. The molecule has 0 radical (unpaired) electrons. The maximum Gasteiger partial charge on any atom is 0.490 e. The molecule has 6 nitrogen and oxygen atoms in total. The SMILES string of the molecule is Cc1cc(NC(=O)Cc2ccccc2)n[nH]1.O=C(O)C(F)(F)F. The van der Waals surface area contributed by atoms with E-state index < -0.39 is 12.1 Å². The number of nitrogens with zero attached hydrogens (tertiary/aromatic N) is 1. The van der Waals surface area contributed by atoms with Gasteiger partial charge in [0.2, 0.25) is 5.91 Å². The summed E-state index contributed by atoms with van der Waals surface area (Å²) in [6.07, 6.45) is -4.72. The van der Waals surface area contributed by atoms with E-state index in [1.54, 1.807) is 6.07 Å². The van der Waals surface area contributed by atoms with Crippen LogP contribution in [0, 0.1) is 6.92 Å². The number of carboxylic acids is 1. The van der Waals surface area contributed by atoms with Gasteiger partial charge in [0.05, 0.1) is 6.42 Å². The topological polar surface area (TPSA) is 95.1 Å². The van der Waals surface area contributed by atoms with Gasteiger partial charge in [-0.1, -0.05) is 30.3 Å². The van der Waals surface area contributed by atoms with Gasteiger partial charge in [-0.25, -0.2) is 4.79 Å². The van der Waals surface area contributed by atoms with Crippen molar-refractivity contribution in [2.45, 2.75) is 19.5 Å². The van der Waals surface area contributed by atoms with Gasteiger partial charge >= 0.3 is 12.1 Å². The van der Waals surface area contributed by atoms with E-state index >= 15 is 0 Å². The van der Waals surface area contributed by atoms with Crippen molar-refractivity contribution < 1.29 is 27.9 Å². The molecule has 0 unspecified atom stereocenters. The Hall–Kier alpha value is -2.84. The normalized spacial score (nSPS) is 10.4. The highest BCUT2D eigenvalue weighted by atomic mass is 19.4. The lowest BCUT2D eigenvalue weighted by Crippen LogP contribution is -2.21. The highest BCUT2D eigenvalue weighted by Crippen LogP contribution is 2.13. The number of aliphatic carboxylic acids is 1. The number of aryl methyl sites for hydroxylation is 1. The summed E-state index contributed by atoms with van der Waals surface area (Å²) in [6, 6.07) is 11.4. The summed E-state index contributed by atoms with van der Waals surface area (Å²) in [6.45, 7) is 1.89. The summed E-state index contributed by atoms with van der Waals surface area (Å²) in [7, 11) is 0. The number of carbonyl (C=O) groups excluding carboxylic acids is 1. The first-order chi connectivity index (χ1) is 10.7. The fourth-order valence-electron chi connectivity index (χ4n) is 1.45. The van der Waals surface area contributed by atoms with Gasteiger partial charge in [-0.05, 0) is 12.5 Å². The average molecular weight is 329 g/mol. The molecule has 0 bridgehead atoms. The van der Waals surface area contributed by atoms with Gasteiger partial charge in [-0.15, -0.1) is 0 Å². The van der Waals surface area contributed by atoms with Crippen LogP contribution in [0.25, 0.3) is 0 Å². The maximum absolute atomic E-state index is 11.6. The van der Waals surface area contributed by atoms with E-state index in [4.69, 9.17) is 9.90 Å². The Morgan fingerprint density at radius 3 is 2.26 bits per heavy atom. The molecule has 2 rings (SSSR count). The number of hydrogen-bond donors (Lipinski definition) is 3. The van der Waals surface area contributed by atoms with Crippen molar-refractivity contribution in [3.05, 3.63) is 47.7 Å². The zero-order valence-electron chi connectivity index (χ0n) is 12.0. The monoisotopic (exact) mass is 329 g/mol. The Bertz CT molecular complexity index is 654. The number of H-pyrrole nitrogens is 1. The summed E-state index contributed by atoms with van der Waals surface area (Å²) in [5.74, 6) is -2.25. The second-order valence-electron chi connectivity index (χ2n) is 4.45. The molecule has 1 aromatic heterocycles. The summed E-state index contributed by atoms with van der Waals surface area (Å²) in [5.41, 5.74) is 1.92. The van der Waals surface area contributed by atoms with E-state index in [2.05, 4.69) is 15.5 Å². The number of rotatable bonds is 3. The summed E-state index contributed by atoms with van der Waals surface area (Å²) in [5, 5.41) is 16.6. The average Bonchev–Trinajstić information content (AvgIpc) is 2.84. The summed E-state index contributed by atoms with van der Waals surface area (Å²) in [4.78, 5) is 20.5. The van der Waals surface area contributed by atoms with Gasteiger partial charge < -0.3 is 10.4 Å². The molecule has 1 aromatic carbocycles. The second kappa shape index (κ2) is 7.97. The molecule has 0 aliphatic rings. The number of aromatic nitrogens is 2. The third kappa shape index (κ3) is 7.11. The molecule has 0 saturated carbocycles. The third-order valence-electron chi connectivity index (χ3n) is 2.42. The fraction of sp³-hybridized carbons (Fsp3) is 0.214. The standard InChI is InChI=1S/C12H13N3O.C2HF3O2/c1-9-7-11(15-14-9)13-12(16)8-10-5-3-2-4-6-10;3-2(4,5)1(6)7/h2-7H,8H2,1H3,(H2,13,14,15,16);(H,6,7). The van der Waals surface area contributed by atoms with Crippen molar-refractivity contribution in [2.75, 3.05) is 5.32 Å². The number of halogens is 3. The van der Waals surface area contributed by atoms with Crippen molar-refractivity contribution in [1.29, 1.82) is 0 Å². The van der Waals surface area contributed by atoms with Crippen molar-refractivity contribution in [2.24, 2.45) is 0 Å². The fourth-order valence-corrected chi connectivity index (χ4v) is 1.45. The number of amides is 1. The minimum absolute atomic E-state index is 0.0577. The first-order valence-corrected chi connectivity index (χ1v) is 6.34. The molecular weight excluding hydrogens is 315 g/mol. The van der Waals surface area contributed by atoms with Crippen LogP contribution in [0.5, 0.6) is 0 Å². The Balaban J connectivity index is 0.000000322. The van der Waals surface area contributed by atoms with Crippen LogP contribution in [0.3, 0.4) is 0 Å². The predicted molar refractivity (Wildman–Crippen MR) is 75.8 cm³/mol. The number of hydrogen-bond acceptors (Lipinski definition) is 3. The first kappa shape index (κ1) is 18.2. The highest BCUT2D eigenvalue weighted by molar-refractivity contribution is 5.91. The number of nitrogens with one attached hydrogen (secondary N) is 2. The molecule has 2 aromatic rings. The lowest BCUT2D eigenvalue weighted by Gasteiger charge is -2.01. The molecule has 1 amide bonds. The molecule has 0 spiro atoms. The van der Waals surface area contributed by atoms with Gasteiger partial charge in [0, 0.05) is 11.8 Å². The van der Waals surface area contributed by atoms with Gasteiger partial charge in [0.1, 0.15) is 0 Å². The van der Waals surface area contributed by atoms with Gasteiger partial charge in [-0.2, -0.15) is 18.3 Å². The van der Waals surface area contributed by atoms with E-state index in [1.807, 2.05) is 37.3 Å². The number of alkyl halides is 3. The van der Waals surface area contributed by atoms with Crippen molar-refractivity contribution in [3.8, 4) is 0 Å². The third-order valence-corrected chi connectivity index (χ3v) is 2.42. The van der Waals surface area contributed by atoms with E-state index in [9.17, 15) is 18.0 Å². The molecule has 0 atom stereocenters. The van der Waals surface area contributed by atoms with E-state index in [1.165, 1.54) is 0 Å². The van der Waals surface area contributed by atoms with Crippen LogP contribution >= 0.6 is 0 Å². The lowest BCUT2D eigenvalue weighted by atomic mass is 10.1. The van der Waals surface area contributed by atoms with E-state index in [0.717, 1.165) is 11.3 Å². The van der Waals surface area contributed by atoms with Gasteiger partial charge in [0.15, 0.2) is 5.82 Å². The molecule has 0 saturated heterocycles. The zero-order valence-corrected chi connectivity index (χ0v) is 12.0. The Morgan fingerprint density at radius 2 is 1.83 bits per heavy atom. The number of anilines is 1. The molecule has 124 valence electrons. The molecule has 3 N–H and O–H groups in total. The molecule has 0 aliphatic heterocycles. The number of benzene rings is 1. The lowest BCUT2D eigenvalue weighted by molar-refractivity contribution is -0.192. The van der Waals surface area contributed by atoms with E-state index in [0.29, 0.717) is 12.2 Å². The number of aromatic amines is 1. The second-order valence-corrected chi connectivity index (χ2v) is 4.45. The van der Waals surface area contributed by atoms with Crippen molar-refractivity contribution >= 4 is 17.7 Å². The maximum atomic E-state index is 11.6. The predicted octanol–water partition coefficient (Wildman–Crippen LogP) is 2.53. The minimum atomic E-state index is -5.08. The number of carbonyl (C=O) groups is 2. The summed E-state index contributed by atoms with van der Waals surface area (Å²) < 4.78 is 31.7. The van der Waals surface area contributed by atoms with Crippen molar-refractivity contribution in [3.63, 3.8) is 0 Å². The van der Waals surface area contributed by atoms with Crippen LogP contribution in [0.1, 0.15) is 11.3 Å². The van der Waals surface area contributed by atoms with Crippen LogP contribution in [-0.4, -0.2) is 33.4 Å². The first-order valence-electron chi connectivity index (χ1n) is 6.34. The van der Waals surface area contributed by atoms with Crippen LogP contribution in [0.2, 0.25) is 0 Å². The zero-order chi connectivity index (χ0) is 17.5.